The molecule has 32 heavy (non-hydrogen) atoms. The van der Waals surface area contributed by atoms with Crippen molar-refractivity contribution in [2.24, 2.45) is 5.41 Å². The second kappa shape index (κ2) is 12.2. The molecule has 0 atom stereocenters. The predicted molar refractivity (Wildman–Crippen MR) is 128 cm³/mol. The molecule has 0 aliphatic carbocycles. The molecule has 0 saturated carbocycles. The van der Waals surface area contributed by atoms with Gasteiger partial charge in [0.1, 0.15) is 6.54 Å². The summed E-state index contributed by atoms with van der Waals surface area (Å²) in [5, 5.41) is 0. The predicted octanol–water partition coefficient (Wildman–Crippen LogP) is 3.96. The maximum atomic E-state index is 13.2. The number of amides is 2. The van der Waals surface area contributed by atoms with Crippen LogP contribution in [0.5, 0.6) is 0 Å². The van der Waals surface area contributed by atoms with Gasteiger partial charge in [0.25, 0.3) is 0 Å². The molecule has 6 heteroatoms. The van der Waals surface area contributed by atoms with E-state index >= 15 is 0 Å². The van der Waals surface area contributed by atoms with Crippen molar-refractivity contribution in [3.8, 4) is 0 Å². The van der Waals surface area contributed by atoms with Crippen LogP contribution in [0.3, 0.4) is 0 Å². The van der Waals surface area contributed by atoms with Crippen LogP contribution in [-0.4, -0.2) is 59.5 Å². The van der Waals surface area contributed by atoms with E-state index in [9.17, 15) is 9.59 Å². The number of nitrogens with zero attached hydrogens (tertiary/aromatic N) is 3. The molecule has 6 nitrogen and oxygen atoms in total. The van der Waals surface area contributed by atoms with Crippen LogP contribution in [0.4, 0.5) is 0 Å². The van der Waals surface area contributed by atoms with Gasteiger partial charge in [-0.15, -0.1) is 6.58 Å². The lowest BCUT2D eigenvalue weighted by Gasteiger charge is -2.29. The zero-order valence-corrected chi connectivity index (χ0v) is 19.9. The average molecular weight is 440 g/mol. The van der Waals surface area contributed by atoms with Crippen molar-refractivity contribution < 1.29 is 14.3 Å². The van der Waals surface area contributed by atoms with Crippen LogP contribution in [0.1, 0.15) is 38.4 Å². The first-order chi connectivity index (χ1) is 15.2. The van der Waals surface area contributed by atoms with E-state index in [4.69, 9.17) is 4.74 Å². The summed E-state index contributed by atoms with van der Waals surface area (Å²) in [4.78, 5) is 29.4. The number of carbonyl (C=O) groups is 2. The summed E-state index contributed by atoms with van der Waals surface area (Å²) in [5.41, 5.74) is 2.09. The van der Waals surface area contributed by atoms with E-state index in [0.29, 0.717) is 32.7 Å². The molecule has 174 valence electrons. The molecule has 0 aliphatic rings. The fraction of sp³-hybridized carbons (Fsp3) is 0.462. The summed E-state index contributed by atoms with van der Waals surface area (Å²) >= 11 is 0. The molecule has 1 aromatic heterocycles. The van der Waals surface area contributed by atoms with Crippen molar-refractivity contribution >= 4 is 11.8 Å². The van der Waals surface area contributed by atoms with Crippen molar-refractivity contribution in [3.05, 3.63) is 72.6 Å². The van der Waals surface area contributed by atoms with Gasteiger partial charge in [0.2, 0.25) is 11.8 Å². The molecule has 0 fully saturated rings. The summed E-state index contributed by atoms with van der Waals surface area (Å²) in [6, 6.07) is 14.3. The number of hydrogen-bond acceptors (Lipinski definition) is 3. The first-order valence-electron chi connectivity index (χ1n) is 11.1. The second-order valence-electron chi connectivity index (χ2n) is 9.22. The van der Waals surface area contributed by atoms with Crippen LogP contribution in [0, 0.1) is 5.41 Å². The van der Waals surface area contributed by atoms with Gasteiger partial charge in [-0.25, -0.2) is 0 Å². The van der Waals surface area contributed by atoms with E-state index in [1.54, 1.807) is 23.0 Å². The third-order valence-electron chi connectivity index (χ3n) is 5.10. The highest BCUT2D eigenvalue weighted by atomic mass is 16.5. The van der Waals surface area contributed by atoms with Gasteiger partial charge in [-0.05, 0) is 23.1 Å². The van der Waals surface area contributed by atoms with Gasteiger partial charge < -0.3 is 19.1 Å². The number of benzene rings is 1. The lowest BCUT2D eigenvalue weighted by molar-refractivity contribution is -0.141. The Bertz CT molecular complexity index is 868. The molecule has 1 heterocycles. The van der Waals surface area contributed by atoms with Gasteiger partial charge in [0, 0.05) is 45.1 Å². The van der Waals surface area contributed by atoms with E-state index in [2.05, 4.69) is 23.3 Å². The normalized spacial score (nSPS) is 11.2. The zero-order valence-electron chi connectivity index (χ0n) is 19.9. The third-order valence-corrected chi connectivity index (χ3v) is 5.10. The Morgan fingerprint density at radius 1 is 1.06 bits per heavy atom. The highest BCUT2D eigenvalue weighted by Gasteiger charge is 2.24. The molecule has 0 saturated heterocycles. The standard InChI is InChI=1S/C26H37N3O3/c1-6-14-28(24(30)18-26(2,3)4)21-25(31)29(16-17-32-5)20-23-13-10-15-27(23)19-22-11-8-7-9-12-22/h6-13,15H,1,14,16-21H2,2-5H3. The second-order valence-corrected chi connectivity index (χ2v) is 9.22. The van der Waals surface area contributed by atoms with Gasteiger partial charge in [-0.2, -0.15) is 0 Å². The minimum Gasteiger partial charge on any atom is -0.383 e. The number of carbonyl (C=O) groups excluding carboxylic acids is 2. The highest BCUT2D eigenvalue weighted by Crippen LogP contribution is 2.20. The van der Waals surface area contributed by atoms with Crippen molar-refractivity contribution in [3.63, 3.8) is 0 Å². The summed E-state index contributed by atoms with van der Waals surface area (Å²) in [6.45, 7) is 12.3. The smallest absolute Gasteiger partial charge is 0.242 e. The molecule has 2 rings (SSSR count). The summed E-state index contributed by atoms with van der Waals surface area (Å²) < 4.78 is 7.38. The summed E-state index contributed by atoms with van der Waals surface area (Å²) in [6.07, 6.45) is 4.07. The van der Waals surface area contributed by atoms with E-state index < -0.39 is 0 Å². The Balaban J connectivity index is 2.13. The molecule has 1 aromatic carbocycles. The minimum atomic E-state index is -0.145. The van der Waals surface area contributed by atoms with Gasteiger partial charge in [0.05, 0.1) is 13.2 Å². The monoisotopic (exact) mass is 439 g/mol. The molecule has 0 radical (unpaired) electrons. The maximum Gasteiger partial charge on any atom is 0.242 e. The SMILES string of the molecule is C=CCN(CC(=O)N(CCOC)Cc1cccn1Cc1ccccc1)C(=O)CC(C)(C)C. The molecule has 2 amide bonds. The van der Waals surface area contributed by atoms with E-state index in [1.165, 1.54) is 5.56 Å². The lowest BCUT2D eigenvalue weighted by Crippen LogP contribution is -2.44. The Morgan fingerprint density at radius 3 is 2.41 bits per heavy atom. The fourth-order valence-electron chi connectivity index (χ4n) is 3.46. The number of ether oxygens (including phenoxy) is 1. The van der Waals surface area contributed by atoms with Gasteiger partial charge >= 0.3 is 0 Å². The average Bonchev–Trinajstić information content (AvgIpc) is 3.16. The Morgan fingerprint density at radius 2 is 1.78 bits per heavy atom. The Labute approximate surface area is 192 Å². The summed E-state index contributed by atoms with van der Waals surface area (Å²) in [5.74, 6) is -0.136. The maximum absolute atomic E-state index is 13.2. The number of aromatic nitrogens is 1. The molecule has 0 N–H and O–H groups in total. The molecule has 2 aromatic rings. The molecule has 0 unspecified atom stereocenters. The van der Waals surface area contributed by atoms with E-state index in [1.807, 2.05) is 57.3 Å². The first kappa shape index (κ1) is 25.4. The van der Waals surface area contributed by atoms with Crippen molar-refractivity contribution in [2.45, 2.75) is 40.3 Å². The molecular weight excluding hydrogens is 402 g/mol. The first-order valence-corrected chi connectivity index (χ1v) is 11.1. The zero-order chi connectivity index (χ0) is 23.6. The number of hydrogen-bond donors (Lipinski definition) is 0. The van der Waals surface area contributed by atoms with Crippen LogP contribution in [0.2, 0.25) is 0 Å². The van der Waals surface area contributed by atoms with Crippen molar-refractivity contribution in [1.29, 1.82) is 0 Å². The van der Waals surface area contributed by atoms with Crippen LogP contribution in [0.25, 0.3) is 0 Å². The van der Waals surface area contributed by atoms with Crippen molar-refractivity contribution in [2.75, 3.05) is 33.4 Å². The van der Waals surface area contributed by atoms with Crippen LogP contribution >= 0.6 is 0 Å². The van der Waals surface area contributed by atoms with Gasteiger partial charge in [-0.1, -0.05) is 57.2 Å². The van der Waals surface area contributed by atoms with E-state index in [-0.39, 0.29) is 23.8 Å². The Kier molecular flexibility index (Phi) is 9.72. The number of rotatable bonds is 12. The van der Waals surface area contributed by atoms with Crippen molar-refractivity contribution in [1.82, 2.24) is 14.4 Å². The Hall–Kier alpha value is -2.86. The molecular formula is C26H37N3O3. The largest absolute Gasteiger partial charge is 0.383 e. The van der Waals surface area contributed by atoms with Crippen LogP contribution in [-0.2, 0) is 27.4 Å². The molecule has 0 bridgehead atoms. The summed E-state index contributed by atoms with van der Waals surface area (Å²) in [7, 11) is 1.62. The fourth-order valence-corrected chi connectivity index (χ4v) is 3.46. The highest BCUT2D eigenvalue weighted by molar-refractivity contribution is 5.85. The third kappa shape index (κ3) is 8.35. The van der Waals surface area contributed by atoms with Gasteiger partial charge in [-0.3, -0.25) is 9.59 Å². The number of methoxy groups -OCH3 is 1. The molecule has 0 aliphatic heterocycles. The quantitative estimate of drug-likeness (QED) is 0.471. The lowest BCUT2D eigenvalue weighted by atomic mass is 9.91. The minimum absolute atomic E-state index is 0.0318. The van der Waals surface area contributed by atoms with Crippen LogP contribution < -0.4 is 0 Å². The van der Waals surface area contributed by atoms with E-state index in [0.717, 1.165) is 12.2 Å². The molecule has 0 spiro atoms. The van der Waals surface area contributed by atoms with Crippen LogP contribution in [0.15, 0.2) is 61.3 Å². The van der Waals surface area contributed by atoms with Gasteiger partial charge in [0.15, 0.2) is 0 Å². The topological polar surface area (TPSA) is 54.8 Å².